The molecule has 0 radical (unpaired) electrons. The van der Waals surface area contributed by atoms with Crippen molar-refractivity contribution in [2.45, 2.75) is 20.8 Å². The zero-order valence-corrected chi connectivity index (χ0v) is 10.6. The zero-order valence-electron chi connectivity index (χ0n) is 10.6. The summed E-state index contributed by atoms with van der Waals surface area (Å²) in [6, 6.07) is 1.81. The number of carbonyl (C=O) groups excluding carboxylic acids is 1. The molecule has 94 valence electrons. The molecule has 2 aromatic rings. The summed E-state index contributed by atoms with van der Waals surface area (Å²) in [4.78, 5) is 15.9. The van der Waals surface area contributed by atoms with E-state index in [1.165, 1.54) is 4.68 Å². The minimum absolute atomic E-state index is 0.364. The van der Waals surface area contributed by atoms with Gasteiger partial charge >= 0.3 is 0 Å². The number of nitrogen functional groups attached to an aromatic ring is 1. The first-order chi connectivity index (χ1) is 8.40. The van der Waals surface area contributed by atoms with Gasteiger partial charge in [0.25, 0.3) is 5.91 Å². The number of aryl methyl sites for hydroxylation is 3. The molecule has 0 saturated carbocycles. The average molecular weight is 245 g/mol. The smallest absolute Gasteiger partial charge is 0.252 e. The highest BCUT2D eigenvalue weighted by Crippen LogP contribution is 2.19. The van der Waals surface area contributed by atoms with Crippen molar-refractivity contribution in [3.8, 4) is 5.82 Å². The van der Waals surface area contributed by atoms with Gasteiger partial charge in [-0.2, -0.15) is 0 Å². The van der Waals surface area contributed by atoms with Crippen LogP contribution in [0.5, 0.6) is 0 Å². The summed E-state index contributed by atoms with van der Waals surface area (Å²) in [7, 11) is 0. The third-order valence-corrected chi connectivity index (χ3v) is 2.72. The van der Waals surface area contributed by atoms with Crippen molar-refractivity contribution in [3.05, 3.63) is 34.6 Å². The van der Waals surface area contributed by atoms with E-state index in [1.54, 1.807) is 6.20 Å². The predicted molar refractivity (Wildman–Crippen MR) is 68.5 cm³/mol. The van der Waals surface area contributed by atoms with Crippen LogP contribution < -0.4 is 11.5 Å². The lowest BCUT2D eigenvalue weighted by Crippen LogP contribution is -2.18. The quantitative estimate of drug-likeness (QED) is 0.820. The van der Waals surface area contributed by atoms with Crippen molar-refractivity contribution >= 4 is 11.7 Å². The topological polar surface area (TPSA) is 99.8 Å². The van der Waals surface area contributed by atoms with Gasteiger partial charge in [0.1, 0.15) is 5.82 Å². The zero-order chi connectivity index (χ0) is 13.4. The molecule has 1 amide bonds. The van der Waals surface area contributed by atoms with E-state index in [4.69, 9.17) is 11.5 Å². The first-order valence-corrected chi connectivity index (χ1v) is 5.50. The molecule has 2 rings (SSSR count). The van der Waals surface area contributed by atoms with Gasteiger partial charge in [-0.25, -0.2) is 9.67 Å². The summed E-state index contributed by atoms with van der Waals surface area (Å²) in [6.45, 7) is 5.50. The van der Waals surface area contributed by atoms with Crippen LogP contribution in [-0.4, -0.2) is 20.7 Å². The van der Waals surface area contributed by atoms with Crippen LogP contribution in [0.15, 0.2) is 12.3 Å². The minimum Gasteiger partial charge on any atom is -0.382 e. The molecule has 0 aromatic carbocycles. The Kier molecular flexibility index (Phi) is 2.78. The van der Waals surface area contributed by atoms with Crippen LogP contribution in [0.25, 0.3) is 5.82 Å². The van der Waals surface area contributed by atoms with Crippen LogP contribution >= 0.6 is 0 Å². The number of nitrogens with two attached hydrogens (primary N) is 2. The Hall–Kier alpha value is -2.37. The molecule has 6 nitrogen and oxygen atoms in total. The minimum atomic E-state index is -0.526. The first kappa shape index (κ1) is 12.1. The highest BCUT2D eigenvalue weighted by molar-refractivity contribution is 5.97. The van der Waals surface area contributed by atoms with Gasteiger partial charge in [0.2, 0.25) is 0 Å². The molecule has 0 bridgehead atoms. The van der Waals surface area contributed by atoms with Crippen LogP contribution in [0, 0.1) is 20.8 Å². The summed E-state index contributed by atoms with van der Waals surface area (Å²) in [5.41, 5.74) is 13.9. The van der Waals surface area contributed by atoms with E-state index < -0.39 is 5.91 Å². The molecule has 0 atom stereocenters. The number of pyridine rings is 1. The number of hydrogen-bond donors (Lipinski definition) is 2. The fraction of sp³-hybridized carbons (Fsp3) is 0.250. The van der Waals surface area contributed by atoms with E-state index >= 15 is 0 Å². The van der Waals surface area contributed by atoms with E-state index in [9.17, 15) is 4.79 Å². The second-order valence-corrected chi connectivity index (χ2v) is 4.29. The van der Waals surface area contributed by atoms with Gasteiger partial charge in [-0.05, 0) is 32.4 Å². The van der Waals surface area contributed by atoms with Crippen LogP contribution in [0.4, 0.5) is 5.82 Å². The molecule has 0 aliphatic carbocycles. The Balaban J connectivity index is 2.73. The fourth-order valence-electron chi connectivity index (χ4n) is 1.87. The normalized spacial score (nSPS) is 10.6. The molecule has 6 heteroatoms. The second-order valence-electron chi connectivity index (χ2n) is 4.29. The van der Waals surface area contributed by atoms with Crippen molar-refractivity contribution in [2.75, 3.05) is 5.73 Å². The summed E-state index contributed by atoms with van der Waals surface area (Å²) in [6.07, 6.45) is 1.73. The molecule has 4 N–H and O–H groups in total. The molecule has 0 saturated heterocycles. The maximum absolute atomic E-state index is 11.5. The summed E-state index contributed by atoms with van der Waals surface area (Å²) in [5.74, 6) is 0.299. The lowest BCUT2D eigenvalue weighted by Gasteiger charge is -2.10. The van der Waals surface area contributed by atoms with E-state index in [-0.39, 0.29) is 0 Å². The molecular formula is C12H15N5O. The standard InChI is InChI=1S/C12H15N5O/c1-6-4-8(3)15-12(9(6)11(14)18)17-5-7(2)10(13)16-17/h4-5H,1-3H3,(H2,13,16)(H2,14,18). The molecule has 0 spiro atoms. The maximum Gasteiger partial charge on any atom is 0.252 e. The highest BCUT2D eigenvalue weighted by Gasteiger charge is 2.17. The average Bonchev–Trinajstić information content (AvgIpc) is 2.57. The van der Waals surface area contributed by atoms with Gasteiger partial charge in [-0.1, -0.05) is 0 Å². The highest BCUT2D eigenvalue weighted by atomic mass is 16.1. The van der Waals surface area contributed by atoms with Gasteiger partial charge in [0.15, 0.2) is 5.82 Å². The van der Waals surface area contributed by atoms with Crippen LogP contribution in [0.1, 0.15) is 27.2 Å². The van der Waals surface area contributed by atoms with E-state index in [0.717, 1.165) is 16.8 Å². The van der Waals surface area contributed by atoms with E-state index in [2.05, 4.69) is 10.1 Å². The molecule has 0 unspecified atom stereocenters. The van der Waals surface area contributed by atoms with Crippen LogP contribution in [0.2, 0.25) is 0 Å². The lowest BCUT2D eigenvalue weighted by molar-refractivity contribution is 0.0999. The predicted octanol–water partition coefficient (Wildman–Crippen LogP) is 0.874. The summed E-state index contributed by atoms with van der Waals surface area (Å²) in [5, 5.41) is 4.13. The van der Waals surface area contributed by atoms with E-state index in [0.29, 0.717) is 17.2 Å². The molecule has 0 fully saturated rings. The fourth-order valence-corrected chi connectivity index (χ4v) is 1.87. The Morgan fingerprint density at radius 3 is 2.44 bits per heavy atom. The number of aromatic nitrogens is 3. The molecule has 2 heterocycles. The number of amides is 1. The maximum atomic E-state index is 11.5. The Morgan fingerprint density at radius 2 is 1.94 bits per heavy atom. The largest absolute Gasteiger partial charge is 0.382 e. The number of rotatable bonds is 2. The van der Waals surface area contributed by atoms with Gasteiger partial charge in [0.05, 0.1) is 5.56 Å². The van der Waals surface area contributed by atoms with Gasteiger partial charge < -0.3 is 11.5 Å². The number of hydrogen-bond acceptors (Lipinski definition) is 4. The third kappa shape index (κ3) is 1.92. The van der Waals surface area contributed by atoms with Crippen LogP contribution in [0.3, 0.4) is 0 Å². The Morgan fingerprint density at radius 1 is 1.28 bits per heavy atom. The second kappa shape index (κ2) is 4.14. The van der Waals surface area contributed by atoms with Gasteiger partial charge in [0, 0.05) is 17.5 Å². The van der Waals surface area contributed by atoms with Gasteiger partial charge in [-0.15, -0.1) is 5.10 Å². The summed E-state index contributed by atoms with van der Waals surface area (Å²) < 4.78 is 1.49. The monoisotopic (exact) mass is 245 g/mol. The van der Waals surface area contributed by atoms with Crippen LogP contribution in [-0.2, 0) is 0 Å². The molecule has 18 heavy (non-hydrogen) atoms. The number of nitrogens with zero attached hydrogens (tertiary/aromatic N) is 3. The van der Waals surface area contributed by atoms with Crippen molar-refractivity contribution in [1.29, 1.82) is 0 Å². The summed E-state index contributed by atoms with van der Waals surface area (Å²) >= 11 is 0. The third-order valence-electron chi connectivity index (χ3n) is 2.72. The van der Waals surface area contributed by atoms with Crippen molar-refractivity contribution in [2.24, 2.45) is 5.73 Å². The van der Waals surface area contributed by atoms with Crippen molar-refractivity contribution in [3.63, 3.8) is 0 Å². The Labute approximate surface area is 105 Å². The molecule has 0 aliphatic heterocycles. The lowest BCUT2D eigenvalue weighted by atomic mass is 10.1. The number of primary amides is 1. The molecular weight excluding hydrogens is 230 g/mol. The first-order valence-electron chi connectivity index (χ1n) is 5.50. The SMILES string of the molecule is Cc1cc(C)c(C(N)=O)c(-n2cc(C)c(N)n2)n1. The molecule has 0 aliphatic rings. The van der Waals surface area contributed by atoms with Gasteiger partial charge in [-0.3, -0.25) is 4.79 Å². The van der Waals surface area contributed by atoms with Crippen molar-refractivity contribution < 1.29 is 4.79 Å². The number of anilines is 1. The molecule has 2 aromatic heterocycles. The number of carbonyl (C=O) groups is 1. The Bertz CT molecular complexity index is 610. The van der Waals surface area contributed by atoms with E-state index in [1.807, 2.05) is 26.8 Å². The van der Waals surface area contributed by atoms with Crippen molar-refractivity contribution in [1.82, 2.24) is 14.8 Å².